The van der Waals surface area contributed by atoms with Gasteiger partial charge in [-0.3, -0.25) is 4.90 Å². The van der Waals surface area contributed by atoms with Gasteiger partial charge in [0.15, 0.2) is 0 Å². The first-order valence-electron chi connectivity index (χ1n) is 9.01. The van der Waals surface area contributed by atoms with Crippen LogP contribution in [0.1, 0.15) is 56.6 Å². The van der Waals surface area contributed by atoms with Crippen molar-refractivity contribution in [3.63, 3.8) is 0 Å². The summed E-state index contributed by atoms with van der Waals surface area (Å²) >= 11 is 0. The van der Waals surface area contributed by atoms with Crippen LogP contribution in [-0.2, 0) is 0 Å². The second kappa shape index (κ2) is 6.09. The summed E-state index contributed by atoms with van der Waals surface area (Å²) in [7, 11) is 0. The molecule has 6 heteroatoms. The van der Waals surface area contributed by atoms with Crippen LogP contribution < -0.4 is 21.7 Å². The highest BCUT2D eigenvalue weighted by molar-refractivity contribution is 6.05. The number of aliphatic imine (C=N–C) groups is 2. The molecule has 1 saturated heterocycles. The third-order valence-electron chi connectivity index (χ3n) is 5.44. The molecule has 0 amide bonds. The molecule has 128 valence electrons. The van der Waals surface area contributed by atoms with Crippen molar-refractivity contribution in [1.29, 1.82) is 0 Å². The predicted molar refractivity (Wildman–Crippen MR) is 98.0 cm³/mol. The fraction of sp³-hybridized carbons (Fsp3) is 0.556. The molecule has 2 aliphatic heterocycles. The molecule has 1 saturated carbocycles. The molecule has 0 bridgehead atoms. The van der Waals surface area contributed by atoms with E-state index < -0.39 is 0 Å². The summed E-state index contributed by atoms with van der Waals surface area (Å²) < 4.78 is 0. The van der Waals surface area contributed by atoms with Gasteiger partial charge >= 0.3 is 0 Å². The minimum atomic E-state index is -0.365. The molecule has 2 fully saturated rings. The van der Waals surface area contributed by atoms with Crippen molar-refractivity contribution in [1.82, 2.24) is 5.32 Å². The van der Waals surface area contributed by atoms with Gasteiger partial charge < -0.3 is 16.8 Å². The van der Waals surface area contributed by atoms with Gasteiger partial charge in [-0.2, -0.15) is 4.99 Å². The van der Waals surface area contributed by atoms with Gasteiger partial charge in [0.25, 0.3) is 0 Å². The number of anilines is 1. The normalized spacial score (nSPS) is 26.3. The molecular formula is C18H26N6. The van der Waals surface area contributed by atoms with Crippen molar-refractivity contribution in [2.45, 2.75) is 56.7 Å². The molecule has 3 aliphatic rings. The van der Waals surface area contributed by atoms with Crippen molar-refractivity contribution in [2.75, 3.05) is 11.4 Å². The highest BCUT2D eigenvalue weighted by Gasteiger charge is 2.42. The van der Waals surface area contributed by atoms with E-state index in [2.05, 4.69) is 39.5 Å². The molecule has 4 rings (SSSR count). The van der Waals surface area contributed by atoms with Crippen molar-refractivity contribution in [3.8, 4) is 0 Å². The lowest BCUT2D eigenvalue weighted by Gasteiger charge is -2.45. The number of hydrogen-bond donors (Lipinski definition) is 3. The Morgan fingerprint density at radius 3 is 2.71 bits per heavy atom. The third-order valence-corrected chi connectivity index (χ3v) is 5.44. The highest BCUT2D eigenvalue weighted by Crippen LogP contribution is 2.40. The molecule has 1 aliphatic carbocycles. The summed E-state index contributed by atoms with van der Waals surface area (Å²) in [6, 6.07) is 9.07. The number of nitrogens with two attached hydrogens (primary N) is 2. The lowest BCUT2D eigenvalue weighted by molar-refractivity contribution is 0.305. The molecule has 0 radical (unpaired) electrons. The van der Waals surface area contributed by atoms with E-state index in [-0.39, 0.29) is 5.66 Å². The fourth-order valence-corrected chi connectivity index (χ4v) is 4.34. The van der Waals surface area contributed by atoms with E-state index in [1.165, 1.54) is 24.8 Å². The summed E-state index contributed by atoms with van der Waals surface area (Å²) in [5.74, 6) is 0.764. The van der Waals surface area contributed by atoms with E-state index in [0.717, 1.165) is 37.9 Å². The quantitative estimate of drug-likeness (QED) is 0.777. The van der Waals surface area contributed by atoms with Crippen LogP contribution >= 0.6 is 0 Å². The van der Waals surface area contributed by atoms with Crippen LogP contribution in [0, 0.1) is 0 Å². The second-order valence-electron chi connectivity index (χ2n) is 7.06. The molecule has 1 spiro atoms. The highest BCUT2D eigenvalue weighted by atomic mass is 15.4. The molecule has 1 unspecified atom stereocenters. The summed E-state index contributed by atoms with van der Waals surface area (Å²) in [6.45, 7) is 1.09. The van der Waals surface area contributed by atoms with Gasteiger partial charge in [0.1, 0.15) is 5.66 Å². The van der Waals surface area contributed by atoms with Gasteiger partial charge in [0.05, 0.1) is 0 Å². The van der Waals surface area contributed by atoms with Crippen molar-refractivity contribution < 1.29 is 0 Å². The van der Waals surface area contributed by atoms with Gasteiger partial charge in [-0.1, -0.05) is 18.6 Å². The van der Waals surface area contributed by atoms with E-state index >= 15 is 0 Å². The first kappa shape index (κ1) is 15.4. The zero-order chi connectivity index (χ0) is 16.6. The average molecular weight is 326 g/mol. The molecule has 5 N–H and O–H groups in total. The standard InChI is InChI=1S/C18H26N6/c19-16-22-17(20)24(18(23-16)9-2-1-3-10-18)14-7-4-6-13(12-14)15-8-5-11-21-15/h4,6-7,12,15,21H,1-3,5,8-11H2,(H4,19,20,22,23). The van der Waals surface area contributed by atoms with Crippen molar-refractivity contribution >= 4 is 17.6 Å². The maximum Gasteiger partial charge on any atom is 0.220 e. The Morgan fingerprint density at radius 1 is 1.12 bits per heavy atom. The van der Waals surface area contributed by atoms with E-state index in [1.54, 1.807) is 0 Å². The molecule has 1 aromatic carbocycles. The van der Waals surface area contributed by atoms with Gasteiger partial charge in [-0.15, -0.1) is 0 Å². The maximum atomic E-state index is 6.31. The van der Waals surface area contributed by atoms with E-state index in [4.69, 9.17) is 16.5 Å². The first-order chi connectivity index (χ1) is 11.7. The van der Waals surface area contributed by atoms with Crippen LogP contribution in [0.25, 0.3) is 0 Å². The number of benzene rings is 1. The first-order valence-corrected chi connectivity index (χ1v) is 9.01. The van der Waals surface area contributed by atoms with E-state index in [9.17, 15) is 0 Å². The zero-order valence-electron chi connectivity index (χ0n) is 14.0. The largest absolute Gasteiger partial charge is 0.369 e. The Kier molecular flexibility index (Phi) is 3.92. The van der Waals surface area contributed by atoms with Crippen molar-refractivity contribution in [3.05, 3.63) is 29.8 Å². The molecule has 6 nitrogen and oxygen atoms in total. The van der Waals surface area contributed by atoms with Crippen LogP contribution in [0.2, 0.25) is 0 Å². The predicted octanol–water partition coefficient (Wildman–Crippen LogP) is 2.22. The Labute approximate surface area is 143 Å². The maximum absolute atomic E-state index is 6.31. The van der Waals surface area contributed by atoms with E-state index in [1.807, 2.05) is 0 Å². The smallest absolute Gasteiger partial charge is 0.220 e. The Hall–Kier alpha value is -2.08. The Bertz CT molecular complexity index is 668. The van der Waals surface area contributed by atoms with Crippen LogP contribution in [0.4, 0.5) is 5.69 Å². The van der Waals surface area contributed by atoms with Gasteiger partial charge in [-0.05, 0) is 62.8 Å². The lowest BCUT2D eigenvalue weighted by atomic mass is 9.87. The lowest BCUT2D eigenvalue weighted by Crippen LogP contribution is -2.58. The summed E-state index contributed by atoms with van der Waals surface area (Å²) in [5.41, 5.74) is 14.3. The van der Waals surface area contributed by atoms with Crippen LogP contribution in [0.15, 0.2) is 34.3 Å². The number of hydrogen-bond acceptors (Lipinski definition) is 6. The number of nitrogens with zero attached hydrogens (tertiary/aromatic N) is 3. The van der Waals surface area contributed by atoms with Crippen LogP contribution in [0.5, 0.6) is 0 Å². The van der Waals surface area contributed by atoms with Crippen LogP contribution in [0.3, 0.4) is 0 Å². The fourth-order valence-electron chi connectivity index (χ4n) is 4.34. The summed E-state index contributed by atoms with van der Waals surface area (Å²) in [4.78, 5) is 11.1. The average Bonchev–Trinajstić information content (AvgIpc) is 3.09. The summed E-state index contributed by atoms with van der Waals surface area (Å²) in [6.07, 6.45) is 7.88. The minimum absolute atomic E-state index is 0.305. The summed E-state index contributed by atoms with van der Waals surface area (Å²) in [5, 5.41) is 3.56. The SMILES string of the molecule is NC1=NC2(CCCCC2)N(c2cccc(C3CCCN3)c2)C(N)=N1. The van der Waals surface area contributed by atoms with Crippen molar-refractivity contribution in [2.24, 2.45) is 21.5 Å². The molecule has 1 atom stereocenters. The van der Waals surface area contributed by atoms with Crippen LogP contribution in [-0.4, -0.2) is 24.1 Å². The second-order valence-corrected chi connectivity index (χ2v) is 7.06. The number of nitrogens with one attached hydrogen (secondary N) is 1. The van der Waals surface area contributed by atoms with E-state index in [0.29, 0.717) is 18.0 Å². The molecule has 2 heterocycles. The Morgan fingerprint density at radius 2 is 1.96 bits per heavy atom. The number of guanidine groups is 2. The van der Waals surface area contributed by atoms with Gasteiger partial charge in [0.2, 0.25) is 11.9 Å². The molecule has 24 heavy (non-hydrogen) atoms. The topological polar surface area (TPSA) is 92.0 Å². The van der Waals surface area contributed by atoms with Gasteiger partial charge in [-0.25, -0.2) is 4.99 Å². The third kappa shape index (κ3) is 2.65. The zero-order valence-corrected chi connectivity index (χ0v) is 14.0. The minimum Gasteiger partial charge on any atom is -0.369 e. The monoisotopic (exact) mass is 326 g/mol. The van der Waals surface area contributed by atoms with Gasteiger partial charge in [0, 0.05) is 11.7 Å². The number of rotatable bonds is 2. The molecular weight excluding hydrogens is 300 g/mol. The Balaban J connectivity index is 1.73. The molecule has 1 aromatic rings. The molecule has 0 aromatic heterocycles.